The highest BCUT2D eigenvalue weighted by atomic mass is 15.1. The quantitative estimate of drug-likeness (QED) is 0.784. The van der Waals surface area contributed by atoms with Crippen molar-refractivity contribution in [2.24, 2.45) is 0 Å². The van der Waals surface area contributed by atoms with Gasteiger partial charge in [-0.15, -0.1) is 0 Å². The molecule has 2 heterocycles. The van der Waals surface area contributed by atoms with Gasteiger partial charge in [-0.25, -0.2) is 4.98 Å². The molecule has 3 rings (SSSR count). The Kier molecular flexibility index (Phi) is 2.57. The van der Waals surface area contributed by atoms with E-state index in [0.29, 0.717) is 0 Å². The zero-order chi connectivity index (χ0) is 11.7. The maximum Gasteiger partial charge on any atom is 0.0921 e. The summed E-state index contributed by atoms with van der Waals surface area (Å²) < 4.78 is 0. The van der Waals surface area contributed by atoms with Crippen molar-refractivity contribution in [2.45, 2.75) is 19.5 Å². The number of fused-ring (bicyclic) bond motifs is 1. The van der Waals surface area contributed by atoms with Gasteiger partial charge in [0, 0.05) is 43.6 Å². The summed E-state index contributed by atoms with van der Waals surface area (Å²) in [7, 11) is 0. The Morgan fingerprint density at radius 3 is 3.06 bits per heavy atom. The maximum atomic E-state index is 5.98. The average molecular weight is 228 g/mol. The highest BCUT2D eigenvalue weighted by Gasteiger charge is 2.20. The van der Waals surface area contributed by atoms with Gasteiger partial charge in [0.2, 0.25) is 0 Å². The summed E-state index contributed by atoms with van der Waals surface area (Å²) in [6.45, 7) is 3.01. The van der Waals surface area contributed by atoms with E-state index in [9.17, 15) is 0 Å². The molecule has 0 saturated carbocycles. The van der Waals surface area contributed by atoms with Crippen LogP contribution in [0.25, 0.3) is 0 Å². The Morgan fingerprint density at radius 2 is 2.29 bits per heavy atom. The van der Waals surface area contributed by atoms with E-state index in [1.807, 2.05) is 18.3 Å². The molecule has 0 radical (unpaired) electrons. The first-order chi connectivity index (χ1) is 8.33. The fraction of sp³-hybridized carbons (Fsp3) is 0.308. The lowest BCUT2D eigenvalue weighted by molar-refractivity contribution is 0.287. The lowest BCUT2D eigenvalue weighted by atomic mass is 10.1. The Balaban J connectivity index is 1.64. The number of H-pyrrole nitrogens is 1. The van der Waals surface area contributed by atoms with Gasteiger partial charge < -0.3 is 10.7 Å². The lowest BCUT2D eigenvalue weighted by Crippen LogP contribution is -2.19. The van der Waals surface area contributed by atoms with E-state index in [2.05, 4.69) is 20.9 Å². The number of anilines is 1. The maximum absolute atomic E-state index is 5.98. The van der Waals surface area contributed by atoms with Crippen molar-refractivity contribution in [1.29, 1.82) is 0 Å². The fourth-order valence-corrected chi connectivity index (χ4v) is 2.37. The SMILES string of the molecule is Nc1cccc2c1CN(CCc1cnc[nH]1)C2. The van der Waals surface area contributed by atoms with Crippen LogP contribution in [0.5, 0.6) is 0 Å². The summed E-state index contributed by atoms with van der Waals surface area (Å²) in [6, 6.07) is 6.19. The molecule has 1 aliphatic heterocycles. The summed E-state index contributed by atoms with van der Waals surface area (Å²) >= 11 is 0. The molecule has 3 N–H and O–H groups in total. The summed E-state index contributed by atoms with van der Waals surface area (Å²) in [5.74, 6) is 0. The molecule has 1 aliphatic rings. The summed E-state index contributed by atoms with van der Waals surface area (Å²) in [5.41, 5.74) is 10.8. The van der Waals surface area contributed by atoms with Gasteiger partial charge in [0.25, 0.3) is 0 Å². The smallest absolute Gasteiger partial charge is 0.0921 e. The van der Waals surface area contributed by atoms with Crippen LogP contribution in [0.2, 0.25) is 0 Å². The molecule has 0 fully saturated rings. The molecule has 2 aromatic rings. The minimum absolute atomic E-state index is 0.923. The summed E-state index contributed by atoms with van der Waals surface area (Å²) in [4.78, 5) is 9.58. The number of hydrogen-bond acceptors (Lipinski definition) is 3. The molecular formula is C13H16N4. The number of nitrogen functional groups attached to an aromatic ring is 1. The number of nitrogens with zero attached hydrogens (tertiary/aromatic N) is 2. The van der Waals surface area contributed by atoms with E-state index in [4.69, 9.17) is 5.73 Å². The molecule has 0 amide bonds. The van der Waals surface area contributed by atoms with Crippen LogP contribution in [0.4, 0.5) is 5.69 Å². The van der Waals surface area contributed by atoms with Gasteiger partial charge in [0.15, 0.2) is 0 Å². The van der Waals surface area contributed by atoms with Crippen molar-refractivity contribution in [2.75, 3.05) is 12.3 Å². The largest absolute Gasteiger partial charge is 0.398 e. The highest BCUT2D eigenvalue weighted by Crippen LogP contribution is 2.27. The number of benzene rings is 1. The Hall–Kier alpha value is -1.81. The van der Waals surface area contributed by atoms with E-state index in [0.717, 1.165) is 31.7 Å². The number of aromatic amines is 1. The van der Waals surface area contributed by atoms with Crippen LogP contribution < -0.4 is 5.73 Å². The standard InChI is InChI=1S/C13H16N4/c14-13-3-1-2-10-7-17(8-12(10)13)5-4-11-6-15-9-16-11/h1-3,6,9H,4-5,7-8,14H2,(H,15,16). The second-order valence-corrected chi connectivity index (χ2v) is 4.52. The van der Waals surface area contributed by atoms with Gasteiger partial charge in [0.1, 0.15) is 0 Å². The van der Waals surface area contributed by atoms with Gasteiger partial charge in [0.05, 0.1) is 6.33 Å². The minimum atomic E-state index is 0.923. The van der Waals surface area contributed by atoms with Crippen molar-refractivity contribution in [1.82, 2.24) is 14.9 Å². The first-order valence-electron chi connectivity index (χ1n) is 5.89. The first kappa shape index (κ1) is 10.4. The van der Waals surface area contributed by atoms with Crippen LogP contribution in [-0.2, 0) is 19.5 Å². The molecule has 0 bridgehead atoms. The number of rotatable bonds is 3. The molecule has 4 nitrogen and oxygen atoms in total. The van der Waals surface area contributed by atoms with Crippen molar-refractivity contribution in [3.05, 3.63) is 47.5 Å². The molecular weight excluding hydrogens is 212 g/mol. The zero-order valence-corrected chi connectivity index (χ0v) is 9.69. The molecule has 88 valence electrons. The molecule has 0 atom stereocenters. The number of nitrogens with two attached hydrogens (primary N) is 1. The lowest BCUT2D eigenvalue weighted by Gasteiger charge is -2.13. The molecule has 1 aromatic carbocycles. The third-order valence-corrected chi connectivity index (χ3v) is 3.34. The highest BCUT2D eigenvalue weighted by molar-refractivity contribution is 5.52. The first-order valence-corrected chi connectivity index (χ1v) is 5.89. The van der Waals surface area contributed by atoms with Gasteiger partial charge >= 0.3 is 0 Å². The summed E-state index contributed by atoms with van der Waals surface area (Å²) in [6.07, 6.45) is 4.62. The van der Waals surface area contributed by atoms with Crippen LogP contribution in [0.15, 0.2) is 30.7 Å². The molecule has 17 heavy (non-hydrogen) atoms. The van der Waals surface area contributed by atoms with E-state index >= 15 is 0 Å². The molecule has 1 aromatic heterocycles. The predicted octanol–water partition coefficient (Wildman–Crippen LogP) is 1.55. The number of imidazole rings is 1. The van der Waals surface area contributed by atoms with Crippen molar-refractivity contribution in [3.8, 4) is 0 Å². The Bertz CT molecular complexity index is 504. The Morgan fingerprint density at radius 1 is 1.35 bits per heavy atom. The second-order valence-electron chi connectivity index (χ2n) is 4.52. The van der Waals surface area contributed by atoms with E-state index in [1.165, 1.54) is 16.8 Å². The normalized spacial score (nSPS) is 15.1. The van der Waals surface area contributed by atoms with Crippen LogP contribution in [0, 0.1) is 0 Å². The van der Waals surface area contributed by atoms with Gasteiger partial charge in [-0.3, -0.25) is 4.90 Å². The number of aromatic nitrogens is 2. The van der Waals surface area contributed by atoms with Gasteiger partial charge in [-0.05, 0) is 17.2 Å². The van der Waals surface area contributed by atoms with E-state index in [1.54, 1.807) is 6.33 Å². The fourth-order valence-electron chi connectivity index (χ4n) is 2.37. The third kappa shape index (κ3) is 2.03. The van der Waals surface area contributed by atoms with Crippen LogP contribution in [0.1, 0.15) is 16.8 Å². The molecule has 0 aliphatic carbocycles. The second kappa shape index (κ2) is 4.22. The summed E-state index contributed by atoms with van der Waals surface area (Å²) in [5, 5.41) is 0. The van der Waals surface area contributed by atoms with Crippen LogP contribution in [-0.4, -0.2) is 21.4 Å². The van der Waals surface area contributed by atoms with E-state index < -0.39 is 0 Å². The van der Waals surface area contributed by atoms with Crippen molar-refractivity contribution < 1.29 is 0 Å². The average Bonchev–Trinajstić information content (AvgIpc) is 2.95. The molecule has 0 unspecified atom stereocenters. The number of nitrogens with one attached hydrogen (secondary N) is 1. The van der Waals surface area contributed by atoms with Crippen LogP contribution in [0.3, 0.4) is 0 Å². The zero-order valence-electron chi connectivity index (χ0n) is 9.69. The van der Waals surface area contributed by atoms with E-state index in [-0.39, 0.29) is 0 Å². The minimum Gasteiger partial charge on any atom is -0.398 e. The van der Waals surface area contributed by atoms with Crippen molar-refractivity contribution >= 4 is 5.69 Å². The predicted molar refractivity (Wildman–Crippen MR) is 67.3 cm³/mol. The molecule has 4 heteroatoms. The number of hydrogen-bond donors (Lipinski definition) is 2. The van der Waals surface area contributed by atoms with Crippen molar-refractivity contribution in [3.63, 3.8) is 0 Å². The molecule has 0 spiro atoms. The topological polar surface area (TPSA) is 57.9 Å². The van der Waals surface area contributed by atoms with Crippen LogP contribution >= 0.6 is 0 Å². The van der Waals surface area contributed by atoms with Gasteiger partial charge in [-0.2, -0.15) is 0 Å². The monoisotopic (exact) mass is 228 g/mol. The molecule has 0 saturated heterocycles. The van der Waals surface area contributed by atoms with Gasteiger partial charge in [-0.1, -0.05) is 12.1 Å². The third-order valence-electron chi connectivity index (χ3n) is 3.34. The Labute approximate surface area is 100 Å².